The summed E-state index contributed by atoms with van der Waals surface area (Å²) in [6.45, 7) is 0. The van der Waals surface area contributed by atoms with Crippen LogP contribution in [0, 0.1) is 5.92 Å². The Morgan fingerprint density at radius 2 is 2.23 bits per heavy atom. The molecule has 1 amide bonds. The lowest BCUT2D eigenvalue weighted by Crippen LogP contribution is -2.34. The molecule has 7 nitrogen and oxygen atoms in total. The van der Waals surface area contributed by atoms with E-state index in [4.69, 9.17) is 4.74 Å². The van der Waals surface area contributed by atoms with Crippen LogP contribution in [-0.2, 0) is 7.05 Å². The Morgan fingerprint density at radius 3 is 2.88 bits per heavy atom. The predicted octanol–water partition coefficient (Wildman–Crippen LogP) is 2.15. The van der Waals surface area contributed by atoms with Crippen molar-refractivity contribution in [3.63, 3.8) is 0 Å². The van der Waals surface area contributed by atoms with Crippen LogP contribution in [0.1, 0.15) is 35.1 Å². The van der Waals surface area contributed by atoms with Crippen LogP contribution in [-0.4, -0.2) is 27.6 Å². The molecule has 1 saturated carbocycles. The van der Waals surface area contributed by atoms with Crippen molar-refractivity contribution in [3.05, 3.63) is 58.4 Å². The Kier molecular flexibility index (Phi) is 3.99. The Bertz CT molecular complexity index is 1030. The number of hydrogen-bond donors (Lipinski definition) is 2. The number of aromatic nitrogens is 3. The summed E-state index contributed by atoms with van der Waals surface area (Å²) in [5.41, 5.74) is 0.436. The van der Waals surface area contributed by atoms with E-state index in [-0.39, 0.29) is 17.0 Å². The van der Waals surface area contributed by atoms with Crippen molar-refractivity contribution in [1.82, 2.24) is 19.9 Å². The van der Waals surface area contributed by atoms with E-state index < -0.39 is 5.91 Å². The first-order valence-electron chi connectivity index (χ1n) is 8.56. The first kappa shape index (κ1) is 16.4. The van der Waals surface area contributed by atoms with Crippen molar-refractivity contribution in [2.24, 2.45) is 13.0 Å². The molecular weight excluding hydrogens is 332 g/mol. The van der Waals surface area contributed by atoms with Crippen LogP contribution >= 0.6 is 0 Å². The van der Waals surface area contributed by atoms with E-state index >= 15 is 0 Å². The quantitative estimate of drug-likeness (QED) is 0.736. The number of pyridine rings is 1. The zero-order valence-electron chi connectivity index (χ0n) is 14.7. The summed E-state index contributed by atoms with van der Waals surface area (Å²) in [7, 11) is 3.44. The molecule has 2 N–H and O–H groups in total. The monoisotopic (exact) mass is 352 g/mol. The van der Waals surface area contributed by atoms with Crippen LogP contribution in [0.2, 0.25) is 0 Å². The summed E-state index contributed by atoms with van der Waals surface area (Å²) < 4.78 is 7.08. The van der Waals surface area contributed by atoms with Crippen LogP contribution in [0.15, 0.2) is 41.6 Å². The van der Waals surface area contributed by atoms with Gasteiger partial charge in [0.05, 0.1) is 13.2 Å². The maximum absolute atomic E-state index is 12.8. The maximum atomic E-state index is 12.8. The third-order valence-electron chi connectivity index (χ3n) is 4.85. The van der Waals surface area contributed by atoms with Crippen molar-refractivity contribution < 1.29 is 9.53 Å². The number of aryl methyl sites for hydroxylation is 1. The van der Waals surface area contributed by atoms with E-state index in [9.17, 15) is 9.59 Å². The van der Waals surface area contributed by atoms with Gasteiger partial charge in [0, 0.05) is 36.5 Å². The van der Waals surface area contributed by atoms with Crippen molar-refractivity contribution in [2.45, 2.75) is 18.9 Å². The van der Waals surface area contributed by atoms with Gasteiger partial charge in [-0.2, -0.15) is 0 Å². The van der Waals surface area contributed by atoms with Crippen LogP contribution in [0.4, 0.5) is 0 Å². The Labute approximate surface area is 150 Å². The number of carbonyl (C=O) groups is 1. The molecular formula is C19H20N4O3. The van der Waals surface area contributed by atoms with Crippen molar-refractivity contribution in [2.75, 3.05) is 7.11 Å². The highest BCUT2D eigenvalue weighted by Gasteiger charge is 2.36. The third kappa shape index (κ3) is 2.85. The highest BCUT2D eigenvalue weighted by molar-refractivity contribution is 5.97. The highest BCUT2D eigenvalue weighted by atomic mass is 16.5. The predicted molar refractivity (Wildman–Crippen MR) is 97.3 cm³/mol. The van der Waals surface area contributed by atoms with Crippen LogP contribution in [0.5, 0.6) is 5.75 Å². The van der Waals surface area contributed by atoms with Gasteiger partial charge in [-0.25, -0.2) is 4.98 Å². The number of methoxy groups -OCH3 is 1. The fraction of sp³-hybridized carbons (Fsp3) is 0.316. The maximum Gasteiger partial charge on any atom is 0.257 e. The van der Waals surface area contributed by atoms with E-state index in [0.29, 0.717) is 22.6 Å². The summed E-state index contributed by atoms with van der Waals surface area (Å²) in [5, 5.41) is 3.43. The smallest absolute Gasteiger partial charge is 0.257 e. The number of amides is 1. The second kappa shape index (κ2) is 6.33. The van der Waals surface area contributed by atoms with Crippen LogP contribution < -0.4 is 15.5 Å². The van der Waals surface area contributed by atoms with Crippen molar-refractivity contribution in [3.8, 4) is 5.75 Å². The molecule has 1 aromatic carbocycles. The summed E-state index contributed by atoms with van der Waals surface area (Å²) in [5.74, 6) is 1.35. The normalized spacial score (nSPS) is 15.0. The number of nitrogens with one attached hydrogen (secondary N) is 2. The molecule has 0 unspecified atom stereocenters. The topological polar surface area (TPSA) is 89.0 Å². The van der Waals surface area contributed by atoms with Gasteiger partial charge in [0.2, 0.25) is 5.43 Å². The molecule has 1 atom stereocenters. The third-order valence-corrected chi connectivity index (χ3v) is 4.85. The van der Waals surface area contributed by atoms with Crippen LogP contribution in [0.3, 0.4) is 0 Å². The molecule has 0 aliphatic heterocycles. The Hall–Kier alpha value is -3.09. The molecule has 26 heavy (non-hydrogen) atoms. The second-order valence-electron chi connectivity index (χ2n) is 6.63. The van der Waals surface area contributed by atoms with Gasteiger partial charge in [-0.3, -0.25) is 9.59 Å². The minimum atomic E-state index is -0.393. The molecule has 2 aromatic heterocycles. The number of imidazole rings is 1. The number of carbonyl (C=O) groups excluding carboxylic acids is 1. The molecule has 134 valence electrons. The lowest BCUT2D eigenvalue weighted by Gasteiger charge is -2.18. The number of benzene rings is 1. The van der Waals surface area contributed by atoms with E-state index in [2.05, 4.69) is 15.3 Å². The van der Waals surface area contributed by atoms with E-state index in [1.54, 1.807) is 31.5 Å². The molecule has 0 bridgehead atoms. The molecule has 0 radical (unpaired) electrons. The molecule has 1 aliphatic rings. The van der Waals surface area contributed by atoms with E-state index in [1.807, 2.05) is 17.8 Å². The minimum absolute atomic E-state index is 0.0885. The summed E-state index contributed by atoms with van der Waals surface area (Å²) in [6.07, 6.45) is 7.12. The Balaban J connectivity index is 1.68. The largest absolute Gasteiger partial charge is 0.497 e. The minimum Gasteiger partial charge on any atom is -0.497 e. The first-order valence-corrected chi connectivity index (χ1v) is 8.56. The van der Waals surface area contributed by atoms with Gasteiger partial charge in [0.1, 0.15) is 17.1 Å². The number of fused-ring (bicyclic) bond motifs is 1. The fourth-order valence-electron chi connectivity index (χ4n) is 3.21. The fourth-order valence-corrected chi connectivity index (χ4v) is 3.21. The van der Waals surface area contributed by atoms with Crippen LogP contribution in [0.25, 0.3) is 10.9 Å². The second-order valence-corrected chi connectivity index (χ2v) is 6.63. The number of ether oxygens (including phenoxy) is 1. The van der Waals surface area contributed by atoms with Gasteiger partial charge in [-0.1, -0.05) is 0 Å². The van der Waals surface area contributed by atoms with Gasteiger partial charge in [0.25, 0.3) is 5.91 Å². The van der Waals surface area contributed by atoms with Gasteiger partial charge in [-0.05, 0) is 37.0 Å². The number of nitrogens with zero attached hydrogens (tertiary/aromatic N) is 2. The zero-order chi connectivity index (χ0) is 18.3. The lowest BCUT2D eigenvalue weighted by molar-refractivity contribution is 0.0927. The number of hydrogen-bond acceptors (Lipinski definition) is 4. The summed E-state index contributed by atoms with van der Waals surface area (Å²) in [4.78, 5) is 33.0. The number of H-pyrrole nitrogens is 1. The van der Waals surface area contributed by atoms with Crippen molar-refractivity contribution >= 4 is 16.8 Å². The molecule has 1 aliphatic carbocycles. The van der Waals surface area contributed by atoms with Gasteiger partial charge in [-0.15, -0.1) is 0 Å². The molecule has 0 spiro atoms. The first-order chi connectivity index (χ1) is 12.6. The molecule has 7 heteroatoms. The SMILES string of the molecule is COc1ccc2[nH]cc(C(=O)N[C@H](c3nccn3C)C3CC3)c(=O)c2c1. The molecule has 3 aromatic rings. The van der Waals surface area contributed by atoms with Gasteiger partial charge >= 0.3 is 0 Å². The standard InChI is InChI=1S/C19H20N4O3/c1-23-8-7-20-18(23)16(11-3-4-11)22-19(25)14-10-21-15-6-5-12(26-2)9-13(15)17(14)24/h5-11,16H,3-4H2,1-2H3,(H,21,24)(H,22,25)/t16-/m0/s1. The molecule has 1 fully saturated rings. The molecule has 4 rings (SSSR count). The average Bonchev–Trinajstić information content (AvgIpc) is 3.41. The summed E-state index contributed by atoms with van der Waals surface area (Å²) >= 11 is 0. The molecule has 2 heterocycles. The lowest BCUT2D eigenvalue weighted by atomic mass is 10.1. The number of rotatable bonds is 5. The Morgan fingerprint density at radius 1 is 1.42 bits per heavy atom. The zero-order valence-corrected chi connectivity index (χ0v) is 14.7. The summed E-state index contributed by atoms with van der Waals surface area (Å²) in [6, 6.07) is 4.98. The molecule has 0 saturated heterocycles. The van der Waals surface area contributed by atoms with Gasteiger partial charge in [0.15, 0.2) is 0 Å². The van der Waals surface area contributed by atoms with E-state index in [0.717, 1.165) is 18.7 Å². The van der Waals surface area contributed by atoms with Gasteiger partial charge < -0.3 is 19.6 Å². The average molecular weight is 352 g/mol. The van der Waals surface area contributed by atoms with E-state index in [1.165, 1.54) is 6.20 Å². The highest BCUT2D eigenvalue weighted by Crippen LogP contribution is 2.40. The number of aromatic amines is 1. The van der Waals surface area contributed by atoms with Crippen molar-refractivity contribution in [1.29, 1.82) is 0 Å².